The van der Waals surface area contributed by atoms with E-state index in [1.807, 2.05) is 0 Å². The van der Waals surface area contributed by atoms with Gasteiger partial charge in [-0.15, -0.1) is 0 Å². The highest BCUT2D eigenvalue weighted by Crippen LogP contribution is 2.21. The molecular formula is C27H39N3O3. The molecule has 33 heavy (non-hydrogen) atoms. The second-order valence-electron chi connectivity index (χ2n) is 8.92. The highest BCUT2D eigenvalue weighted by Gasteiger charge is 2.20. The summed E-state index contributed by atoms with van der Waals surface area (Å²) in [5, 5.41) is 0. The van der Waals surface area contributed by atoms with Gasteiger partial charge in [0.05, 0.1) is 32.6 Å². The van der Waals surface area contributed by atoms with Gasteiger partial charge in [-0.2, -0.15) is 0 Å². The molecule has 0 radical (unpaired) electrons. The molecule has 1 aromatic carbocycles. The van der Waals surface area contributed by atoms with Gasteiger partial charge in [-0.3, -0.25) is 9.80 Å². The van der Waals surface area contributed by atoms with Crippen molar-refractivity contribution in [2.24, 2.45) is 0 Å². The summed E-state index contributed by atoms with van der Waals surface area (Å²) in [4.78, 5) is 7.48. The Bertz CT molecular complexity index is 804. The molecule has 2 saturated heterocycles. The van der Waals surface area contributed by atoms with Gasteiger partial charge < -0.3 is 19.1 Å². The van der Waals surface area contributed by atoms with Crippen LogP contribution in [0.1, 0.15) is 24.8 Å². The fourth-order valence-electron chi connectivity index (χ4n) is 4.62. The van der Waals surface area contributed by atoms with Crippen molar-refractivity contribution in [3.8, 4) is 5.75 Å². The van der Waals surface area contributed by atoms with E-state index in [0.717, 1.165) is 96.5 Å². The van der Waals surface area contributed by atoms with E-state index in [4.69, 9.17) is 14.2 Å². The molecule has 0 unspecified atom stereocenters. The summed E-state index contributed by atoms with van der Waals surface area (Å²) in [7, 11) is 1.78. The smallest absolute Gasteiger partial charge is 0.123 e. The first-order valence-electron chi connectivity index (χ1n) is 12.4. The number of hydrogen-bond acceptors (Lipinski definition) is 6. The van der Waals surface area contributed by atoms with Crippen LogP contribution < -0.4 is 4.74 Å². The molecule has 2 fully saturated rings. The number of rotatable bonds is 10. The van der Waals surface area contributed by atoms with Crippen LogP contribution in [-0.4, -0.2) is 87.4 Å². The summed E-state index contributed by atoms with van der Waals surface area (Å²) in [6.45, 7) is 11.0. The lowest BCUT2D eigenvalue weighted by molar-refractivity contribution is 0.0342. The first-order valence-corrected chi connectivity index (χ1v) is 12.4. The number of methoxy groups -OCH3 is 1. The van der Waals surface area contributed by atoms with Crippen LogP contribution in [0, 0.1) is 0 Å². The molecule has 2 aliphatic heterocycles. The average molecular weight is 454 g/mol. The minimum atomic E-state index is 0.782. The summed E-state index contributed by atoms with van der Waals surface area (Å²) < 4.78 is 17.0. The molecule has 0 spiro atoms. The Labute approximate surface area is 199 Å². The molecule has 4 rings (SSSR count). The van der Waals surface area contributed by atoms with E-state index in [-0.39, 0.29) is 0 Å². The third-order valence-electron chi connectivity index (χ3n) is 6.62. The Morgan fingerprint density at radius 1 is 0.879 bits per heavy atom. The molecule has 0 atom stereocenters. The van der Waals surface area contributed by atoms with Gasteiger partial charge in [0.2, 0.25) is 0 Å². The minimum absolute atomic E-state index is 0.782. The Morgan fingerprint density at radius 2 is 1.67 bits per heavy atom. The Kier molecular flexibility index (Phi) is 9.27. The predicted molar refractivity (Wildman–Crippen MR) is 132 cm³/mol. The zero-order chi connectivity index (χ0) is 22.7. The quantitative estimate of drug-likeness (QED) is 0.503. The molecule has 6 nitrogen and oxygen atoms in total. The number of morpholine rings is 1. The van der Waals surface area contributed by atoms with Crippen LogP contribution in [0.2, 0.25) is 0 Å². The third-order valence-corrected chi connectivity index (χ3v) is 6.62. The number of allylic oxidation sites excluding steroid dienone is 4. The molecule has 1 aromatic rings. The van der Waals surface area contributed by atoms with Crippen molar-refractivity contribution in [2.45, 2.75) is 25.8 Å². The van der Waals surface area contributed by atoms with Gasteiger partial charge in [0.25, 0.3) is 0 Å². The molecule has 0 N–H and O–H groups in total. The average Bonchev–Trinajstić information content (AvgIpc) is 3.11. The minimum Gasteiger partial charge on any atom is -0.499 e. The molecule has 0 amide bonds. The van der Waals surface area contributed by atoms with Gasteiger partial charge >= 0.3 is 0 Å². The van der Waals surface area contributed by atoms with E-state index in [2.05, 4.69) is 63.3 Å². The zero-order valence-electron chi connectivity index (χ0n) is 20.1. The SMILES string of the molecule is COC1=C(N2CCN(CCCCOc3ccc(CN4CCOCC4)cc3)CC2)C=CC=CC1. The fraction of sp³-hybridized carbons (Fsp3) is 0.556. The van der Waals surface area contributed by atoms with Crippen molar-refractivity contribution in [3.63, 3.8) is 0 Å². The topological polar surface area (TPSA) is 37.4 Å². The normalized spacial score (nSPS) is 20.2. The highest BCUT2D eigenvalue weighted by atomic mass is 16.5. The Balaban J connectivity index is 1.10. The summed E-state index contributed by atoms with van der Waals surface area (Å²) in [5.41, 5.74) is 2.58. The molecular weight excluding hydrogens is 414 g/mol. The molecule has 3 aliphatic rings. The number of nitrogens with zero attached hydrogens (tertiary/aromatic N) is 3. The van der Waals surface area contributed by atoms with E-state index in [9.17, 15) is 0 Å². The summed E-state index contributed by atoms with van der Waals surface area (Å²) in [6, 6.07) is 8.59. The maximum atomic E-state index is 5.98. The summed E-state index contributed by atoms with van der Waals surface area (Å²) in [5.74, 6) is 2.04. The lowest BCUT2D eigenvalue weighted by Gasteiger charge is -2.37. The first kappa shape index (κ1) is 23.9. The molecule has 1 aliphatic carbocycles. The first-order chi connectivity index (χ1) is 16.3. The number of benzene rings is 1. The van der Waals surface area contributed by atoms with Gasteiger partial charge in [-0.1, -0.05) is 30.4 Å². The van der Waals surface area contributed by atoms with Crippen LogP contribution in [0.25, 0.3) is 0 Å². The number of ether oxygens (including phenoxy) is 3. The van der Waals surface area contributed by atoms with E-state index in [1.54, 1.807) is 7.11 Å². The van der Waals surface area contributed by atoms with Gasteiger partial charge in [-0.25, -0.2) is 0 Å². The lowest BCUT2D eigenvalue weighted by atomic mass is 10.2. The van der Waals surface area contributed by atoms with Gasteiger partial charge in [0.15, 0.2) is 0 Å². The second-order valence-corrected chi connectivity index (χ2v) is 8.92. The van der Waals surface area contributed by atoms with E-state index < -0.39 is 0 Å². The molecule has 0 bridgehead atoms. The lowest BCUT2D eigenvalue weighted by Crippen LogP contribution is -2.46. The van der Waals surface area contributed by atoms with Crippen molar-refractivity contribution >= 4 is 0 Å². The van der Waals surface area contributed by atoms with Crippen molar-refractivity contribution in [1.82, 2.24) is 14.7 Å². The van der Waals surface area contributed by atoms with Crippen molar-refractivity contribution < 1.29 is 14.2 Å². The van der Waals surface area contributed by atoms with Crippen LogP contribution in [0.5, 0.6) is 5.75 Å². The molecule has 0 saturated carbocycles. The van der Waals surface area contributed by atoms with Gasteiger partial charge in [0.1, 0.15) is 11.5 Å². The number of piperazine rings is 1. The van der Waals surface area contributed by atoms with Crippen LogP contribution in [0.4, 0.5) is 0 Å². The van der Waals surface area contributed by atoms with Crippen LogP contribution in [0.15, 0.2) is 60.0 Å². The Hall–Kier alpha value is -2.28. The highest BCUT2D eigenvalue weighted by molar-refractivity contribution is 5.29. The number of hydrogen-bond donors (Lipinski definition) is 0. The number of unbranched alkanes of at least 4 members (excludes halogenated alkanes) is 1. The van der Waals surface area contributed by atoms with Crippen LogP contribution in [0.3, 0.4) is 0 Å². The molecule has 180 valence electrons. The zero-order valence-corrected chi connectivity index (χ0v) is 20.1. The monoisotopic (exact) mass is 453 g/mol. The fourth-order valence-corrected chi connectivity index (χ4v) is 4.62. The van der Waals surface area contributed by atoms with Gasteiger partial charge in [0, 0.05) is 52.2 Å². The van der Waals surface area contributed by atoms with E-state index in [0.29, 0.717) is 0 Å². The van der Waals surface area contributed by atoms with Crippen LogP contribution >= 0.6 is 0 Å². The Morgan fingerprint density at radius 3 is 2.42 bits per heavy atom. The molecule has 2 heterocycles. The largest absolute Gasteiger partial charge is 0.499 e. The van der Waals surface area contributed by atoms with Crippen molar-refractivity contribution in [1.29, 1.82) is 0 Å². The maximum absolute atomic E-state index is 5.98. The van der Waals surface area contributed by atoms with Gasteiger partial charge in [-0.05, 0) is 43.2 Å². The van der Waals surface area contributed by atoms with E-state index in [1.165, 1.54) is 17.7 Å². The third kappa shape index (κ3) is 7.36. The maximum Gasteiger partial charge on any atom is 0.123 e. The second kappa shape index (κ2) is 12.8. The molecule has 6 heteroatoms. The van der Waals surface area contributed by atoms with Crippen molar-refractivity contribution in [3.05, 3.63) is 65.6 Å². The molecule has 0 aromatic heterocycles. The van der Waals surface area contributed by atoms with Crippen molar-refractivity contribution in [2.75, 3.05) is 72.7 Å². The summed E-state index contributed by atoms with van der Waals surface area (Å²) in [6.07, 6.45) is 11.7. The van der Waals surface area contributed by atoms with E-state index >= 15 is 0 Å². The standard InChI is InChI=1S/C27H39N3O3/c1-31-27-8-4-2-3-7-26(27)30-16-14-28(15-17-30)13-5-6-20-33-25-11-9-24(10-12-25)23-29-18-21-32-22-19-29/h2-4,7,9-12H,5-6,8,13-23H2,1H3. The van der Waals surface area contributed by atoms with Crippen LogP contribution in [-0.2, 0) is 16.0 Å². The summed E-state index contributed by atoms with van der Waals surface area (Å²) >= 11 is 0. The predicted octanol–water partition coefficient (Wildman–Crippen LogP) is 3.67.